The maximum Gasteiger partial charge on any atom is 0.379 e. The number of Topliss-reactive ketones (excluding diaryl/α,β-unsaturated/α-hetero) is 1. The number of hydrogen-bond acceptors (Lipinski definition) is 14. The van der Waals surface area contributed by atoms with E-state index in [1.54, 1.807) is 30.3 Å². The molecule has 0 aliphatic heterocycles. The first-order chi connectivity index (χ1) is 23.0. The van der Waals surface area contributed by atoms with Gasteiger partial charge >= 0.3 is 17.9 Å². The zero-order valence-corrected chi connectivity index (χ0v) is 27.1. The highest BCUT2D eigenvalue weighted by Crippen LogP contribution is 2.02. The lowest BCUT2D eigenvalue weighted by atomic mass is 10.1. The number of ketones is 1. The van der Waals surface area contributed by atoms with E-state index in [0.717, 1.165) is 0 Å². The Bertz CT molecular complexity index is 928. The van der Waals surface area contributed by atoms with Crippen LogP contribution in [0.25, 0.3) is 0 Å². The van der Waals surface area contributed by atoms with E-state index in [2.05, 4.69) is 0 Å². The van der Waals surface area contributed by atoms with Crippen LogP contribution in [0.15, 0.2) is 30.3 Å². The van der Waals surface area contributed by atoms with E-state index in [9.17, 15) is 19.2 Å². The number of carboxylic acids is 1. The second kappa shape index (κ2) is 31.6. The molecule has 1 aromatic rings. The van der Waals surface area contributed by atoms with Gasteiger partial charge in [0.2, 0.25) is 0 Å². The summed E-state index contributed by atoms with van der Waals surface area (Å²) in [5.41, 5.74) is 0.287. The van der Waals surface area contributed by atoms with Crippen LogP contribution in [0.2, 0.25) is 0 Å². The minimum absolute atomic E-state index is 0.0131. The standard InChI is InChI=1S/C32H50O15/c33-29(34)8-4-5-9-30(35)46-26-24-44-22-20-42-18-16-40-14-12-38-10-11-39-13-15-41-17-19-43-21-23-45-25-27-47-32(37)31(36)28-6-2-1-3-7-28/h1-3,6-7H,4-5,8-27H2,(H,33,34). The van der Waals surface area contributed by atoms with Crippen molar-refractivity contribution in [2.24, 2.45) is 0 Å². The molecule has 0 bridgehead atoms. The Kier molecular flexibility index (Phi) is 28.2. The van der Waals surface area contributed by atoms with Gasteiger partial charge in [0, 0.05) is 18.4 Å². The molecule has 0 amide bonds. The molecule has 1 aromatic carbocycles. The summed E-state index contributed by atoms with van der Waals surface area (Å²) in [6.45, 7) is 6.39. The van der Waals surface area contributed by atoms with E-state index in [4.69, 9.17) is 52.5 Å². The molecule has 15 heteroatoms. The van der Waals surface area contributed by atoms with Crippen LogP contribution >= 0.6 is 0 Å². The Morgan fingerprint density at radius 3 is 1.17 bits per heavy atom. The molecule has 0 heterocycles. The number of esters is 2. The summed E-state index contributed by atoms with van der Waals surface area (Å²) in [4.78, 5) is 45.5. The Labute approximate surface area is 275 Å². The molecule has 0 spiro atoms. The molecule has 0 aliphatic carbocycles. The Hall–Kier alpha value is -3.02. The zero-order valence-electron chi connectivity index (χ0n) is 27.1. The minimum Gasteiger partial charge on any atom is -0.481 e. The molecule has 0 saturated carbocycles. The first kappa shape index (κ1) is 42.0. The van der Waals surface area contributed by atoms with E-state index < -0.39 is 17.7 Å². The maximum atomic E-state index is 11.9. The number of carbonyl (C=O) groups is 4. The number of aliphatic carboxylic acids is 1. The van der Waals surface area contributed by atoms with Crippen molar-refractivity contribution in [2.75, 3.05) is 119 Å². The third-order valence-corrected chi connectivity index (χ3v) is 5.80. The fourth-order valence-corrected chi connectivity index (χ4v) is 3.44. The third kappa shape index (κ3) is 27.8. The second-order valence-electron chi connectivity index (χ2n) is 9.55. The fraction of sp³-hybridized carbons (Fsp3) is 0.688. The highest BCUT2D eigenvalue weighted by Gasteiger charge is 2.17. The molecule has 1 N–H and O–H groups in total. The smallest absolute Gasteiger partial charge is 0.379 e. The molecule has 0 saturated heterocycles. The highest BCUT2D eigenvalue weighted by molar-refractivity contribution is 6.40. The number of carbonyl (C=O) groups excluding carboxylic acids is 3. The van der Waals surface area contributed by atoms with Crippen LogP contribution in [0.5, 0.6) is 0 Å². The van der Waals surface area contributed by atoms with Crippen molar-refractivity contribution in [3.05, 3.63) is 35.9 Å². The molecule has 268 valence electrons. The molecule has 0 aromatic heterocycles. The quantitative estimate of drug-likeness (QED) is 0.0483. The van der Waals surface area contributed by atoms with Gasteiger partial charge in [0.1, 0.15) is 13.2 Å². The molecule has 47 heavy (non-hydrogen) atoms. The van der Waals surface area contributed by atoms with Crippen molar-refractivity contribution < 1.29 is 71.7 Å². The van der Waals surface area contributed by atoms with Gasteiger partial charge in [-0.05, 0) is 12.8 Å². The highest BCUT2D eigenvalue weighted by atomic mass is 16.6. The molecular weight excluding hydrogens is 624 g/mol. The van der Waals surface area contributed by atoms with E-state index in [1.807, 2.05) is 0 Å². The average Bonchev–Trinajstić information content (AvgIpc) is 3.07. The predicted molar refractivity (Wildman–Crippen MR) is 165 cm³/mol. The Morgan fingerprint density at radius 1 is 0.447 bits per heavy atom. The lowest BCUT2D eigenvalue weighted by Crippen LogP contribution is -2.20. The first-order valence-corrected chi connectivity index (χ1v) is 15.8. The molecule has 0 fully saturated rings. The van der Waals surface area contributed by atoms with Crippen LogP contribution in [-0.2, 0) is 61.8 Å². The topological polar surface area (TPSA) is 181 Å². The van der Waals surface area contributed by atoms with Gasteiger partial charge < -0.3 is 52.5 Å². The average molecular weight is 675 g/mol. The number of unbranched alkanes of at least 4 members (excludes halogenated alkanes) is 1. The molecule has 0 atom stereocenters. The summed E-state index contributed by atoms with van der Waals surface area (Å²) in [6, 6.07) is 8.22. The third-order valence-electron chi connectivity index (χ3n) is 5.80. The van der Waals surface area contributed by atoms with Crippen LogP contribution in [0, 0.1) is 0 Å². The normalized spacial score (nSPS) is 11.0. The lowest BCUT2D eigenvalue weighted by Gasteiger charge is -2.09. The van der Waals surface area contributed by atoms with E-state index >= 15 is 0 Å². The zero-order chi connectivity index (χ0) is 34.0. The first-order valence-electron chi connectivity index (χ1n) is 15.8. The van der Waals surface area contributed by atoms with Crippen LogP contribution in [-0.4, -0.2) is 148 Å². The fourth-order valence-electron chi connectivity index (χ4n) is 3.44. The van der Waals surface area contributed by atoms with E-state index in [-0.39, 0.29) is 50.8 Å². The van der Waals surface area contributed by atoms with Gasteiger partial charge in [0.25, 0.3) is 5.78 Å². The second-order valence-corrected chi connectivity index (χ2v) is 9.55. The van der Waals surface area contributed by atoms with Crippen LogP contribution < -0.4 is 0 Å². The maximum absolute atomic E-state index is 11.9. The van der Waals surface area contributed by atoms with Gasteiger partial charge in [0.15, 0.2) is 0 Å². The molecule has 0 unspecified atom stereocenters. The number of hydrogen-bond donors (Lipinski definition) is 1. The van der Waals surface area contributed by atoms with Crippen molar-refractivity contribution >= 4 is 23.7 Å². The summed E-state index contributed by atoms with van der Waals surface area (Å²) in [5.74, 6) is -2.82. The van der Waals surface area contributed by atoms with Gasteiger partial charge in [-0.2, -0.15) is 0 Å². The summed E-state index contributed by atoms with van der Waals surface area (Å²) >= 11 is 0. The lowest BCUT2D eigenvalue weighted by molar-refractivity contribution is -0.146. The summed E-state index contributed by atoms with van der Waals surface area (Å²) in [6.07, 6.45) is 1.20. The number of rotatable bonds is 34. The van der Waals surface area contributed by atoms with Gasteiger partial charge in [-0.1, -0.05) is 30.3 Å². The van der Waals surface area contributed by atoms with E-state index in [1.165, 1.54) is 0 Å². The van der Waals surface area contributed by atoms with Crippen molar-refractivity contribution in [3.63, 3.8) is 0 Å². The Balaban J connectivity index is 1.69. The Morgan fingerprint density at radius 2 is 0.787 bits per heavy atom. The predicted octanol–water partition coefficient (Wildman–Crippen LogP) is 1.73. The molecule has 15 nitrogen and oxygen atoms in total. The minimum atomic E-state index is -0.906. The monoisotopic (exact) mass is 674 g/mol. The van der Waals surface area contributed by atoms with Gasteiger partial charge in [-0.15, -0.1) is 0 Å². The van der Waals surface area contributed by atoms with Crippen LogP contribution in [0.1, 0.15) is 36.0 Å². The van der Waals surface area contributed by atoms with Crippen molar-refractivity contribution in [3.8, 4) is 0 Å². The van der Waals surface area contributed by atoms with Crippen molar-refractivity contribution in [1.29, 1.82) is 0 Å². The molecule has 0 radical (unpaired) electrons. The van der Waals surface area contributed by atoms with Gasteiger partial charge in [0.05, 0.1) is 106 Å². The molecule has 1 rings (SSSR count). The summed E-state index contributed by atoms with van der Waals surface area (Å²) in [5, 5.41) is 8.54. The summed E-state index contributed by atoms with van der Waals surface area (Å²) in [7, 11) is 0. The molecule has 0 aliphatic rings. The number of benzene rings is 1. The van der Waals surface area contributed by atoms with Gasteiger partial charge in [-0.3, -0.25) is 14.4 Å². The van der Waals surface area contributed by atoms with Gasteiger partial charge in [-0.25, -0.2) is 4.79 Å². The SMILES string of the molecule is O=C(O)CCCCC(=O)OCCOCCOCCOCCOCCOCCOCCOCCOCCOC(=O)C(=O)c1ccccc1. The number of ether oxygens (including phenoxy) is 10. The van der Waals surface area contributed by atoms with Crippen LogP contribution in [0.4, 0.5) is 0 Å². The summed E-state index contributed by atoms with van der Waals surface area (Å²) < 4.78 is 53.0. The number of carboxylic acid groups (broad SMARTS) is 1. The largest absolute Gasteiger partial charge is 0.481 e. The van der Waals surface area contributed by atoms with Crippen molar-refractivity contribution in [2.45, 2.75) is 25.7 Å². The van der Waals surface area contributed by atoms with E-state index in [0.29, 0.717) is 105 Å². The molecular formula is C32H50O15. The van der Waals surface area contributed by atoms with Crippen LogP contribution in [0.3, 0.4) is 0 Å². The van der Waals surface area contributed by atoms with Crippen molar-refractivity contribution in [1.82, 2.24) is 0 Å².